The second kappa shape index (κ2) is 4.82. The third kappa shape index (κ3) is 2.11. The first kappa shape index (κ1) is 12.6. The van der Waals surface area contributed by atoms with E-state index < -0.39 is 6.10 Å². The number of aliphatic hydroxyl groups is 1. The Hall–Kier alpha value is -1.81. The molecule has 4 heteroatoms. The van der Waals surface area contributed by atoms with Gasteiger partial charge in [0.1, 0.15) is 0 Å². The monoisotopic (exact) mass is 246 g/mol. The molecule has 4 nitrogen and oxygen atoms in total. The average molecular weight is 246 g/mol. The SMILES string of the molecule is CC(O)c1ccccc1-n1ccn(C(C)C)c1=O. The summed E-state index contributed by atoms with van der Waals surface area (Å²) in [4.78, 5) is 12.2. The van der Waals surface area contributed by atoms with Crippen LogP contribution in [0.15, 0.2) is 41.5 Å². The van der Waals surface area contributed by atoms with Crippen molar-refractivity contribution in [1.82, 2.24) is 9.13 Å². The molecule has 18 heavy (non-hydrogen) atoms. The predicted octanol–water partition coefficient (Wildman–Crippen LogP) is 2.27. The molecule has 1 N–H and O–H groups in total. The highest BCUT2D eigenvalue weighted by molar-refractivity contribution is 5.42. The molecule has 1 aromatic carbocycles. The molecule has 1 heterocycles. The number of hydrogen-bond acceptors (Lipinski definition) is 2. The molecule has 1 unspecified atom stereocenters. The summed E-state index contributed by atoms with van der Waals surface area (Å²) in [5, 5.41) is 9.75. The van der Waals surface area contributed by atoms with Crippen molar-refractivity contribution < 1.29 is 5.11 Å². The number of hydrogen-bond donors (Lipinski definition) is 1. The van der Waals surface area contributed by atoms with E-state index in [0.717, 1.165) is 11.3 Å². The van der Waals surface area contributed by atoms with Crippen LogP contribution in [0, 0.1) is 0 Å². The van der Waals surface area contributed by atoms with Gasteiger partial charge in [-0.15, -0.1) is 0 Å². The van der Waals surface area contributed by atoms with Crippen molar-refractivity contribution >= 4 is 0 Å². The summed E-state index contributed by atoms with van der Waals surface area (Å²) in [7, 11) is 0. The third-order valence-corrected chi connectivity index (χ3v) is 3.01. The van der Waals surface area contributed by atoms with Crippen LogP contribution >= 0.6 is 0 Å². The van der Waals surface area contributed by atoms with Gasteiger partial charge in [-0.05, 0) is 26.8 Å². The van der Waals surface area contributed by atoms with Gasteiger partial charge in [0, 0.05) is 24.0 Å². The Labute approximate surface area is 106 Å². The Morgan fingerprint density at radius 3 is 2.33 bits per heavy atom. The first-order valence-corrected chi connectivity index (χ1v) is 6.09. The van der Waals surface area contributed by atoms with Crippen molar-refractivity contribution in [2.45, 2.75) is 32.9 Å². The molecule has 1 aromatic heterocycles. The van der Waals surface area contributed by atoms with Crippen molar-refractivity contribution in [3.05, 3.63) is 52.7 Å². The Morgan fingerprint density at radius 1 is 1.11 bits per heavy atom. The van der Waals surface area contributed by atoms with Gasteiger partial charge >= 0.3 is 5.69 Å². The summed E-state index contributed by atoms with van der Waals surface area (Å²) in [5.74, 6) is 0. The zero-order valence-corrected chi connectivity index (χ0v) is 10.9. The lowest BCUT2D eigenvalue weighted by molar-refractivity contribution is 0.199. The lowest BCUT2D eigenvalue weighted by Gasteiger charge is -2.12. The number of aromatic nitrogens is 2. The van der Waals surface area contributed by atoms with Crippen LogP contribution in [0.3, 0.4) is 0 Å². The Kier molecular flexibility index (Phi) is 3.39. The number of nitrogens with zero attached hydrogens (tertiary/aromatic N) is 2. The second-order valence-corrected chi connectivity index (χ2v) is 4.69. The maximum Gasteiger partial charge on any atom is 0.332 e. The molecule has 0 aliphatic heterocycles. The molecule has 0 saturated heterocycles. The predicted molar refractivity (Wildman–Crippen MR) is 71.0 cm³/mol. The highest BCUT2D eigenvalue weighted by atomic mass is 16.3. The molecule has 0 fully saturated rings. The molecule has 0 amide bonds. The summed E-state index contributed by atoms with van der Waals surface area (Å²) in [6.45, 7) is 5.63. The van der Waals surface area contributed by atoms with Crippen molar-refractivity contribution in [3.8, 4) is 5.69 Å². The first-order chi connectivity index (χ1) is 8.52. The normalized spacial score (nSPS) is 12.9. The van der Waals surface area contributed by atoms with E-state index in [2.05, 4.69) is 0 Å². The summed E-state index contributed by atoms with van der Waals surface area (Å²) < 4.78 is 3.24. The summed E-state index contributed by atoms with van der Waals surface area (Å²) in [6, 6.07) is 7.52. The van der Waals surface area contributed by atoms with E-state index in [9.17, 15) is 9.90 Å². The lowest BCUT2D eigenvalue weighted by atomic mass is 10.1. The van der Waals surface area contributed by atoms with Gasteiger partial charge in [-0.3, -0.25) is 9.13 Å². The van der Waals surface area contributed by atoms with E-state index in [1.807, 2.05) is 38.1 Å². The highest BCUT2D eigenvalue weighted by Gasteiger charge is 2.13. The number of para-hydroxylation sites is 1. The summed E-state index contributed by atoms with van der Waals surface area (Å²) in [5.41, 5.74) is 1.40. The topological polar surface area (TPSA) is 47.2 Å². The van der Waals surface area contributed by atoms with Gasteiger partial charge in [0.2, 0.25) is 0 Å². The van der Waals surface area contributed by atoms with Gasteiger partial charge < -0.3 is 5.11 Å². The molecule has 2 aromatic rings. The fourth-order valence-electron chi connectivity index (χ4n) is 2.03. The van der Waals surface area contributed by atoms with E-state index in [1.165, 1.54) is 0 Å². The van der Waals surface area contributed by atoms with Crippen LogP contribution in [-0.4, -0.2) is 14.2 Å². The molecule has 2 rings (SSSR count). The Bertz CT molecular complexity index is 594. The van der Waals surface area contributed by atoms with Crippen LogP contribution in [0.2, 0.25) is 0 Å². The van der Waals surface area contributed by atoms with Crippen LogP contribution in [0.1, 0.15) is 38.5 Å². The minimum atomic E-state index is -0.601. The van der Waals surface area contributed by atoms with E-state index in [4.69, 9.17) is 0 Å². The largest absolute Gasteiger partial charge is 0.389 e. The second-order valence-electron chi connectivity index (χ2n) is 4.69. The molecule has 0 saturated carbocycles. The van der Waals surface area contributed by atoms with Crippen molar-refractivity contribution in [3.63, 3.8) is 0 Å². The molecule has 0 radical (unpaired) electrons. The Morgan fingerprint density at radius 2 is 1.78 bits per heavy atom. The van der Waals surface area contributed by atoms with Gasteiger partial charge in [0.25, 0.3) is 0 Å². The van der Waals surface area contributed by atoms with Crippen LogP contribution in [0.25, 0.3) is 5.69 Å². The number of benzene rings is 1. The fourth-order valence-corrected chi connectivity index (χ4v) is 2.03. The van der Waals surface area contributed by atoms with Gasteiger partial charge in [0.15, 0.2) is 0 Å². The minimum absolute atomic E-state index is 0.0851. The van der Waals surface area contributed by atoms with Crippen molar-refractivity contribution in [2.24, 2.45) is 0 Å². The quantitative estimate of drug-likeness (QED) is 0.903. The maximum atomic E-state index is 12.2. The van der Waals surface area contributed by atoms with Crippen LogP contribution in [-0.2, 0) is 0 Å². The molecule has 96 valence electrons. The first-order valence-electron chi connectivity index (χ1n) is 6.09. The number of rotatable bonds is 3. The van der Waals surface area contributed by atoms with E-state index in [0.29, 0.717) is 0 Å². The molecule has 0 aliphatic carbocycles. The van der Waals surface area contributed by atoms with Crippen molar-refractivity contribution in [2.75, 3.05) is 0 Å². The molecule has 0 aliphatic rings. The summed E-state index contributed by atoms with van der Waals surface area (Å²) in [6.07, 6.45) is 2.91. The fraction of sp³-hybridized carbons (Fsp3) is 0.357. The van der Waals surface area contributed by atoms with E-state index in [-0.39, 0.29) is 11.7 Å². The Balaban J connectivity index is 2.60. The molecule has 1 atom stereocenters. The van der Waals surface area contributed by atoms with Crippen LogP contribution in [0.4, 0.5) is 0 Å². The summed E-state index contributed by atoms with van der Waals surface area (Å²) >= 11 is 0. The average Bonchev–Trinajstić information content (AvgIpc) is 2.71. The smallest absolute Gasteiger partial charge is 0.332 e. The zero-order valence-electron chi connectivity index (χ0n) is 10.9. The molecule has 0 spiro atoms. The number of aliphatic hydroxyl groups excluding tert-OH is 1. The standard InChI is InChI=1S/C14H18N2O2/c1-10(2)15-8-9-16(14(15)18)13-7-5-4-6-12(13)11(3)17/h4-11,17H,1-3H3. The molecular weight excluding hydrogens is 228 g/mol. The number of imidazole rings is 1. The maximum absolute atomic E-state index is 12.2. The van der Waals surface area contributed by atoms with Gasteiger partial charge in [-0.25, -0.2) is 4.79 Å². The highest BCUT2D eigenvalue weighted by Crippen LogP contribution is 2.20. The third-order valence-electron chi connectivity index (χ3n) is 3.01. The van der Waals surface area contributed by atoms with Crippen molar-refractivity contribution in [1.29, 1.82) is 0 Å². The van der Waals surface area contributed by atoms with Crippen LogP contribution < -0.4 is 5.69 Å². The van der Waals surface area contributed by atoms with Crippen LogP contribution in [0.5, 0.6) is 0 Å². The van der Waals surface area contributed by atoms with Gasteiger partial charge in [-0.1, -0.05) is 18.2 Å². The van der Waals surface area contributed by atoms with E-state index in [1.54, 1.807) is 28.5 Å². The molecule has 0 bridgehead atoms. The minimum Gasteiger partial charge on any atom is -0.389 e. The lowest BCUT2D eigenvalue weighted by Crippen LogP contribution is -2.25. The molecular formula is C14H18N2O2. The van der Waals surface area contributed by atoms with E-state index >= 15 is 0 Å². The zero-order chi connectivity index (χ0) is 13.3. The van der Waals surface area contributed by atoms with Gasteiger partial charge in [-0.2, -0.15) is 0 Å². The van der Waals surface area contributed by atoms with Gasteiger partial charge in [0.05, 0.1) is 11.8 Å².